The maximum Gasteiger partial charge on any atom is 0.160 e. The number of methoxy groups -OCH3 is 1. The van der Waals surface area contributed by atoms with Crippen LogP contribution in [0.15, 0.2) is 46.9 Å². The summed E-state index contributed by atoms with van der Waals surface area (Å²) >= 11 is 0. The predicted molar refractivity (Wildman–Crippen MR) is 72.1 cm³/mol. The van der Waals surface area contributed by atoms with Crippen LogP contribution in [0.2, 0.25) is 0 Å². The first-order valence-electron chi connectivity index (χ1n) is 5.84. The van der Waals surface area contributed by atoms with Crippen LogP contribution in [-0.2, 0) is 0 Å². The van der Waals surface area contributed by atoms with Gasteiger partial charge in [0.05, 0.1) is 12.6 Å². The van der Waals surface area contributed by atoms with E-state index in [4.69, 9.17) is 9.15 Å². The average Bonchev–Trinajstić information content (AvgIpc) is 2.93. The minimum Gasteiger partial charge on any atom is -0.497 e. The van der Waals surface area contributed by atoms with Crippen molar-refractivity contribution in [2.45, 2.75) is 0 Å². The van der Waals surface area contributed by atoms with Gasteiger partial charge >= 0.3 is 0 Å². The monoisotopic (exact) mass is 237 g/mol. The SMILES string of the molecule is COc1ccc2c(c1)oc1c3ccccc3[nH]c21. The lowest BCUT2D eigenvalue weighted by molar-refractivity contribution is 0.414. The molecule has 0 atom stereocenters. The molecule has 0 saturated carbocycles. The Labute approximate surface area is 103 Å². The summed E-state index contributed by atoms with van der Waals surface area (Å²) in [5, 5.41) is 2.20. The molecule has 0 aliphatic carbocycles. The largest absolute Gasteiger partial charge is 0.497 e. The van der Waals surface area contributed by atoms with E-state index in [0.717, 1.165) is 38.7 Å². The van der Waals surface area contributed by atoms with Crippen molar-refractivity contribution >= 4 is 33.0 Å². The first kappa shape index (κ1) is 9.59. The third-order valence-corrected chi connectivity index (χ3v) is 3.33. The predicted octanol–water partition coefficient (Wildman–Crippen LogP) is 4.08. The van der Waals surface area contributed by atoms with E-state index in [-0.39, 0.29) is 0 Å². The van der Waals surface area contributed by atoms with Crippen LogP contribution in [0.5, 0.6) is 5.75 Å². The quantitative estimate of drug-likeness (QED) is 0.541. The van der Waals surface area contributed by atoms with Crippen LogP contribution in [-0.4, -0.2) is 12.1 Å². The van der Waals surface area contributed by atoms with Crippen molar-refractivity contribution < 1.29 is 9.15 Å². The van der Waals surface area contributed by atoms with E-state index < -0.39 is 0 Å². The number of hydrogen-bond donors (Lipinski definition) is 1. The second-order valence-electron chi connectivity index (χ2n) is 4.34. The summed E-state index contributed by atoms with van der Waals surface area (Å²) in [6.07, 6.45) is 0. The fraction of sp³-hybridized carbons (Fsp3) is 0.0667. The lowest BCUT2D eigenvalue weighted by Crippen LogP contribution is -1.80. The van der Waals surface area contributed by atoms with Gasteiger partial charge in [-0.2, -0.15) is 0 Å². The van der Waals surface area contributed by atoms with E-state index in [9.17, 15) is 0 Å². The molecule has 4 rings (SSSR count). The molecule has 18 heavy (non-hydrogen) atoms. The maximum absolute atomic E-state index is 5.94. The molecule has 0 amide bonds. The molecule has 4 aromatic rings. The highest BCUT2D eigenvalue weighted by molar-refractivity contribution is 6.14. The zero-order chi connectivity index (χ0) is 12.1. The molecular weight excluding hydrogens is 226 g/mol. The van der Waals surface area contributed by atoms with E-state index in [1.807, 2.05) is 30.3 Å². The molecule has 0 saturated heterocycles. The Hall–Kier alpha value is -2.42. The van der Waals surface area contributed by atoms with Gasteiger partial charge in [-0.1, -0.05) is 12.1 Å². The Morgan fingerprint density at radius 2 is 1.94 bits per heavy atom. The minimum atomic E-state index is 0.809. The van der Waals surface area contributed by atoms with Gasteiger partial charge in [-0.05, 0) is 24.3 Å². The zero-order valence-electron chi connectivity index (χ0n) is 9.86. The van der Waals surface area contributed by atoms with Crippen molar-refractivity contribution in [1.82, 2.24) is 4.98 Å². The number of rotatable bonds is 1. The molecule has 0 spiro atoms. The van der Waals surface area contributed by atoms with Gasteiger partial charge in [0, 0.05) is 22.4 Å². The number of para-hydroxylation sites is 1. The van der Waals surface area contributed by atoms with Crippen LogP contribution in [0.1, 0.15) is 0 Å². The van der Waals surface area contributed by atoms with E-state index >= 15 is 0 Å². The highest BCUT2D eigenvalue weighted by atomic mass is 16.5. The maximum atomic E-state index is 5.94. The standard InChI is InChI=1S/C15H11NO2/c1-17-9-6-7-11-13(8-9)18-15-10-4-2-3-5-12(10)16-14(11)15/h2-8,16H,1H3. The summed E-state index contributed by atoms with van der Waals surface area (Å²) in [6.45, 7) is 0. The summed E-state index contributed by atoms with van der Waals surface area (Å²) in [6, 6.07) is 14.0. The molecule has 2 heterocycles. The third-order valence-electron chi connectivity index (χ3n) is 3.33. The summed E-state index contributed by atoms with van der Waals surface area (Å²) in [4.78, 5) is 3.40. The number of H-pyrrole nitrogens is 1. The molecule has 0 aliphatic rings. The molecule has 1 N–H and O–H groups in total. The smallest absolute Gasteiger partial charge is 0.160 e. The Morgan fingerprint density at radius 1 is 1.06 bits per heavy atom. The number of furan rings is 1. The fourth-order valence-electron chi connectivity index (χ4n) is 2.44. The molecule has 0 aliphatic heterocycles. The second kappa shape index (κ2) is 3.29. The van der Waals surface area contributed by atoms with Crippen LogP contribution < -0.4 is 4.74 Å². The van der Waals surface area contributed by atoms with Gasteiger partial charge in [0.25, 0.3) is 0 Å². The van der Waals surface area contributed by atoms with E-state index in [1.54, 1.807) is 7.11 Å². The molecule has 0 radical (unpaired) electrons. The van der Waals surface area contributed by atoms with Gasteiger partial charge in [-0.15, -0.1) is 0 Å². The Balaban J connectivity index is 2.18. The van der Waals surface area contributed by atoms with Gasteiger partial charge in [0.1, 0.15) is 11.3 Å². The Kier molecular flexibility index (Phi) is 1.75. The van der Waals surface area contributed by atoms with Gasteiger partial charge in [-0.3, -0.25) is 0 Å². The molecule has 3 heteroatoms. The molecular formula is C15H11NO2. The number of nitrogens with one attached hydrogen (secondary N) is 1. The van der Waals surface area contributed by atoms with E-state index in [1.165, 1.54) is 0 Å². The molecule has 2 aromatic carbocycles. The van der Waals surface area contributed by atoms with Gasteiger partial charge in [0.2, 0.25) is 0 Å². The molecule has 88 valence electrons. The minimum absolute atomic E-state index is 0.809. The van der Waals surface area contributed by atoms with Crippen LogP contribution in [0, 0.1) is 0 Å². The lowest BCUT2D eigenvalue weighted by Gasteiger charge is -1.97. The highest BCUT2D eigenvalue weighted by Crippen LogP contribution is 2.35. The molecule has 3 nitrogen and oxygen atoms in total. The van der Waals surface area contributed by atoms with Crippen molar-refractivity contribution in [3.63, 3.8) is 0 Å². The van der Waals surface area contributed by atoms with Crippen molar-refractivity contribution in [3.05, 3.63) is 42.5 Å². The van der Waals surface area contributed by atoms with Crippen LogP contribution in [0.25, 0.3) is 33.0 Å². The van der Waals surface area contributed by atoms with Crippen LogP contribution >= 0.6 is 0 Å². The van der Waals surface area contributed by atoms with Crippen molar-refractivity contribution in [1.29, 1.82) is 0 Å². The van der Waals surface area contributed by atoms with Gasteiger partial charge < -0.3 is 14.1 Å². The van der Waals surface area contributed by atoms with Crippen molar-refractivity contribution in [2.75, 3.05) is 7.11 Å². The van der Waals surface area contributed by atoms with E-state index in [0.29, 0.717) is 0 Å². The normalized spacial score (nSPS) is 11.6. The summed E-state index contributed by atoms with van der Waals surface area (Å²) in [5.41, 5.74) is 3.91. The number of ether oxygens (including phenoxy) is 1. The Morgan fingerprint density at radius 3 is 2.83 bits per heavy atom. The first-order chi connectivity index (χ1) is 8.86. The van der Waals surface area contributed by atoms with Crippen molar-refractivity contribution in [3.8, 4) is 5.75 Å². The number of aromatic nitrogens is 1. The fourth-order valence-corrected chi connectivity index (χ4v) is 2.44. The zero-order valence-corrected chi connectivity index (χ0v) is 9.86. The van der Waals surface area contributed by atoms with E-state index in [2.05, 4.69) is 17.1 Å². The molecule has 0 bridgehead atoms. The Bertz CT molecular complexity index is 870. The number of fused-ring (bicyclic) bond motifs is 5. The molecule has 2 aromatic heterocycles. The first-order valence-corrected chi connectivity index (χ1v) is 5.84. The van der Waals surface area contributed by atoms with Crippen LogP contribution in [0.3, 0.4) is 0 Å². The summed E-state index contributed by atoms with van der Waals surface area (Å²) < 4.78 is 11.1. The van der Waals surface area contributed by atoms with Gasteiger partial charge in [0.15, 0.2) is 5.58 Å². The number of hydrogen-bond acceptors (Lipinski definition) is 2. The summed E-state index contributed by atoms with van der Waals surface area (Å²) in [5.74, 6) is 0.809. The van der Waals surface area contributed by atoms with Crippen molar-refractivity contribution in [2.24, 2.45) is 0 Å². The number of aromatic amines is 1. The van der Waals surface area contributed by atoms with Crippen LogP contribution in [0.4, 0.5) is 0 Å². The van der Waals surface area contributed by atoms with Gasteiger partial charge in [-0.25, -0.2) is 0 Å². The molecule has 0 fully saturated rings. The number of benzene rings is 2. The highest BCUT2D eigenvalue weighted by Gasteiger charge is 2.12. The lowest BCUT2D eigenvalue weighted by atomic mass is 10.2. The third kappa shape index (κ3) is 1.13. The average molecular weight is 237 g/mol. The summed E-state index contributed by atoms with van der Waals surface area (Å²) in [7, 11) is 1.66. The topological polar surface area (TPSA) is 38.2 Å². The second-order valence-corrected chi connectivity index (χ2v) is 4.34. The molecule has 0 unspecified atom stereocenters.